The predicted molar refractivity (Wildman–Crippen MR) is 122 cm³/mol. The van der Waals surface area contributed by atoms with E-state index in [1.807, 2.05) is 35.2 Å². The van der Waals surface area contributed by atoms with Crippen LogP contribution in [-0.2, 0) is 26.2 Å². The highest BCUT2D eigenvalue weighted by atomic mass is 32.2. The monoisotopic (exact) mass is 455 g/mol. The predicted octanol–water partition coefficient (Wildman–Crippen LogP) is 3.09. The van der Waals surface area contributed by atoms with E-state index >= 15 is 0 Å². The third-order valence-electron chi connectivity index (χ3n) is 6.11. The van der Waals surface area contributed by atoms with Gasteiger partial charge in [0.1, 0.15) is 0 Å². The molecule has 4 rings (SSSR count). The molecule has 2 aromatic carbocycles. The van der Waals surface area contributed by atoms with E-state index in [2.05, 4.69) is 5.32 Å². The SMILES string of the molecule is CN(Cc1ccccc1)S(=O)(=O)c1ccc(NC(=O)C2CCCN(C(=O)C3CC3)C2)cc1. The Balaban J connectivity index is 1.36. The lowest BCUT2D eigenvalue weighted by Crippen LogP contribution is -2.44. The third-order valence-corrected chi connectivity index (χ3v) is 7.93. The lowest BCUT2D eigenvalue weighted by atomic mass is 9.96. The van der Waals surface area contributed by atoms with Crippen LogP contribution in [0.1, 0.15) is 31.2 Å². The number of sulfonamides is 1. The molecule has 7 nitrogen and oxygen atoms in total. The van der Waals surface area contributed by atoms with Crippen molar-refractivity contribution in [1.82, 2.24) is 9.21 Å². The van der Waals surface area contributed by atoms with E-state index < -0.39 is 10.0 Å². The number of amides is 2. The number of piperidine rings is 1. The van der Waals surface area contributed by atoms with Crippen molar-refractivity contribution in [2.75, 3.05) is 25.5 Å². The molecule has 2 amide bonds. The Hall–Kier alpha value is -2.71. The highest BCUT2D eigenvalue weighted by Gasteiger charge is 2.36. The molecular weight excluding hydrogens is 426 g/mol. The molecule has 1 N–H and O–H groups in total. The fraction of sp³-hybridized carbons (Fsp3) is 0.417. The summed E-state index contributed by atoms with van der Waals surface area (Å²) in [6.45, 7) is 1.46. The van der Waals surface area contributed by atoms with Crippen LogP contribution in [0.15, 0.2) is 59.5 Å². The number of likely N-dealkylation sites (tertiary alicyclic amines) is 1. The average Bonchev–Trinajstić information content (AvgIpc) is 3.65. The smallest absolute Gasteiger partial charge is 0.243 e. The van der Waals surface area contributed by atoms with E-state index in [1.54, 1.807) is 19.2 Å². The Kier molecular flexibility index (Phi) is 6.62. The zero-order chi connectivity index (χ0) is 22.7. The molecule has 1 aliphatic carbocycles. The molecule has 1 saturated carbocycles. The zero-order valence-electron chi connectivity index (χ0n) is 18.2. The molecular formula is C24H29N3O4S. The first-order valence-corrected chi connectivity index (χ1v) is 12.5. The molecule has 32 heavy (non-hydrogen) atoms. The average molecular weight is 456 g/mol. The minimum atomic E-state index is -3.65. The maximum atomic E-state index is 12.9. The van der Waals surface area contributed by atoms with Gasteiger partial charge in [-0.1, -0.05) is 30.3 Å². The topological polar surface area (TPSA) is 86.8 Å². The van der Waals surface area contributed by atoms with Gasteiger partial charge in [-0.25, -0.2) is 8.42 Å². The lowest BCUT2D eigenvalue weighted by molar-refractivity contribution is -0.135. The van der Waals surface area contributed by atoms with E-state index in [0.717, 1.165) is 37.8 Å². The Morgan fingerprint density at radius 1 is 1.00 bits per heavy atom. The van der Waals surface area contributed by atoms with Gasteiger partial charge in [0.15, 0.2) is 0 Å². The summed E-state index contributed by atoms with van der Waals surface area (Å²) in [6.07, 6.45) is 3.49. The summed E-state index contributed by atoms with van der Waals surface area (Å²) in [5.41, 5.74) is 1.45. The van der Waals surface area contributed by atoms with Crippen LogP contribution < -0.4 is 5.32 Å². The van der Waals surface area contributed by atoms with Crippen molar-refractivity contribution in [3.05, 3.63) is 60.2 Å². The van der Waals surface area contributed by atoms with Crippen LogP contribution >= 0.6 is 0 Å². The molecule has 1 atom stereocenters. The summed E-state index contributed by atoms with van der Waals surface area (Å²) in [5.74, 6) is -0.0371. The van der Waals surface area contributed by atoms with E-state index in [0.29, 0.717) is 12.2 Å². The van der Waals surface area contributed by atoms with Crippen LogP contribution in [0.5, 0.6) is 0 Å². The van der Waals surface area contributed by atoms with E-state index in [-0.39, 0.29) is 35.1 Å². The molecule has 1 aliphatic heterocycles. The van der Waals surface area contributed by atoms with Crippen LogP contribution in [0.2, 0.25) is 0 Å². The van der Waals surface area contributed by atoms with Crippen LogP contribution in [0.4, 0.5) is 5.69 Å². The summed E-state index contributed by atoms with van der Waals surface area (Å²) in [5, 5.41) is 2.88. The van der Waals surface area contributed by atoms with Crippen molar-refractivity contribution in [3.8, 4) is 0 Å². The molecule has 0 aromatic heterocycles. The van der Waals surface area contributed by atoms with Crippen molar-refractivity contribution in [1.29, 1.82) is 0 Å². The van der Waals surface area contributed by atoms with Gasteiger partial charge in [0.2, 0.25) is 21.8 Å². The van der Waals surface area contributed by atoms with Gasteiger partial charge in [-0.2, -0.15) is 4.31 Å². The number of anilines is 1. The Bertz CT molecular complexity index is 1070. The van der Waals surface area contributed by atoms with Crippen LogP contribution in [0.3, 0.4) is 0 Å². The number of rotatable bonds is 7. The van der Waals surface area contributed by atoms with E-state index in [4.69, 9.17) is 0 Å². The van der Waals surface area contributed by atoms with Crippen LogP contribution in [0.25, 0.3) is 0 Å². The normalized spacial score (nSPS) is 19.1. The van der Waals surface area contributed by atoms with E-state index in [1.165, 1.54) is 16.4 Å². The minimum Gasteiger partial charge on any atom is -0.342 e. The second-order valence-electron chi connectivity index (χ2n) is 8.66. The second kappa shape index (κ2) is 9.42. The van der Waals surface area contributed by atoms with Crippen molar-refractivity contribution in [3.63, 3.8) is 0 Å². The quantitative estimate of drug-likeness (QED) is 0.695. The van der Waals surface area contributed by atoms with Gasteiger partial charge < -0.3 is 10.2 Å². The molecule has 1 heterocycles. The van der Waals surface area contributed by atoms with Gasteiger partial charge in [-0.15, -0.1) is 0 Å². The van der Waals surface area contributed by atoms with Crippen molar-refractivity contribution in [2.24, 2.45) is 11.8 Å². The highest BCUT2D eigenvalue weighted by molar-refractivity contribution is 7.89. The summed E-state index contributed by atoms with van der Waals surface area (Å²) in [6, 6.07) is 15.6. The second-order valence-corrected chi connectivity index (χ2v) is 10.7. The summed E-state index contributed by atoms with van der Waals surface area (Å²) >= 11 is 0. The minimum absolute atomic E-state index is 0.130. The van der Waals surface area contributed by atoms with Crippen LogP contribution in [-0.4, -0.2) is 49.6 Å². The zero-order valence-corrected chi connectivity index (χ0v) is 19.1. The molecule has 0 radical (unpaired) electrons. The molecule has 1 unspecified atom stereocenters. The summed E-state index contributed by atoms with van der Waals surface area (Å²) < 4.78 is 27.1. The number of hydrogen-bond donors (Lipinski definition) is 1. The Labute approximate surface area is 189 Å². The van der Waals surface area contributed by atoms with Crippen molar-refractivity contribution >= 4 is 27.5 Å². The molecule has 1 saturated heterocycles. The Morgan fingerprint density at radius 3 is 2.34 bits per heavy atom. The van der Waals surface area contributed by atoms with Gasteiger partial charge in [0, 0.05) is 38.3 Å². The van der Waals surface area contributed by atoms with E-state index in [9.17, 15) is 18.0 Å². The highest BCUT2D eigenvalue weighted by Crippen LogP contribution is 2.32. The van der Waals surface area contributed by atoms with Gasteiger partial charge in [0.05, 0.1) is 10.8 Å². The summed E-state index contributed by atoms with van der Waals surface area (Å²) in [4.78, 5) is 27.1. The first-order valence-electron chi connectivity index (χ1n) is 11.0. The largest absolute Gasteiger partial charge is 0.342 e. The molecule has 0 spiro atoms. The number of carbonyl (C=O) groups is 2. The first-order chi connectivity index (χ1) is 15.3. The maximum Gasteiger partial charge on any atom is 0.243 e. The van der Waals surface area contributed by atoms with Crippen molar-refractivity contribution in [2.45, 2.75) is 37.1 Å². The van der Waals surface area contributed by atoms with Gasteiger partial charge in [-0.05, 0) is 55.5 Å². The Morgan fingerprint density at radius 2 is 1.69 bits per heavy atom. The standard InChI is InChI=1S/C24H29N3O4S/c1-26(16-18-6-3-2-4-7-18)32(30,31)22-13-11-21(12-14-22)25-23(28)20-8-5-15-27(17-20)24(29)19-9-10-19/h2-4,6-7,11-14,19-20H,5,8-10,15-17H2,1H3,(H,25,28). The van der Waals surface area contributed by atoms with Gasteiger partial charge in [-0.3, -0.25) is 9.59 Å². The third kappa shape index (κ3) is 5.19. The molecule has 2 aliphatic rings. The number of hydrogen-bond acceptors (Lipinski definition) is 4. The number of carbonyl (C=O) groups excluding carboxylic acids is 2. The number of nitrogens with one attached hydrogen (secondary N) is 1. The number of benzene rings is 2. The fourth-order valence-corrected chi connectivity index (χ4v) is 5.20. The maximum absolute atomic E-state index is 12.9. The van der Waals surface area contributed by atoms with Gasteiger partial charge >= 0.3 is 0 Å². The first kappa shape index (κ1) is 22.5. The molecule has 0 bridgehead atoms. The summed E-state index contributed by atoms with van der Waals surface area (Å²) in [7, 11) is -2.09. The molecule has 8 heteroatoms. The molecule has 2 fully saturated rings. The lowest BCUT2D eigenvalue weighted by Gasteiger charge is -2.32. The molecule has 170 valence electrons. The van der Waals surface area contributed by atoms with Gasteiger partial charge in [0.25, 0.3) is 0 Å². The van der Waals surface area contributed by atoms with Crippen LogP contribution in [0, 0.1) is 11.8 Å². The fourth-order valence-electron chi connectivity index (χ4n) is 4.04. The van der Waals surface area contributed by atoms with Crippen molar-refractivity contribution < 1.29 is 18.0 Å². The number of nitrogens with zero attached hydrogens (tertiary/aromatic N) is 2. The molecule has 2 aromatic rings.